The molecule has 1 atom stereocenters. The second-order valence-electron chi connectivity index (χ2n) is 5.63. The van der Waals surface area contributed by atoms with Gasteiger partial charge in [-0.15, -0.1) is 0 Å². The predicted octanol–water partition coefficient (Wildman–Crippen LogP) is 2.17. The van der Waals surface area contributed by atoms with Crippen LogP contribution in [0.4, 0.5) is 4.39 Å². The Morgan fingerprint density at radius 2 is 1.95 bits per heavy atom. The summed E-state index contributed by atoms with van der Waals surface area (Å²) in [5.41, 5.74) is -0.456. The van der Waals surface area contributed by atoms with E-state index >= 15 is 0 Å². The van der Waals surface area contributed by atoms with Gasteiger partial charge in [-0.05, 0) is 40.9 Å². The number of nitrogens with one attached hydrogen (secondary N) is 1. The van der Waals surface area contributed by atoms with Crippen molar-refractivity contribution in [1.29, 1.82) is 0 Å². The van der Waals surface area contributed by atoms with Crippen LogP contribution in [0.25, 0.3) is 0 Å². The van der Waals surface area contributed by atoms with Crippen LogP contribution in [0.3, 0.4) is 0 Å². The maximum absolute atomic E-state index is 13.8. The Morgan fingerprint density at radius 3 is 2.47 bits per heavy atom. The van der Waals surface area contributed by atoms with Crippen LogP contribution in [0.1, 0.15) is 26.3 Å². The fraction of sp³-hybridized carbons (Fsp3) is 0.533. The lowest BCUT2D eigenvalue weighted by atomic mass is 9.83. The maximum Gasteiger partial charge on any atom is 0.230 e. The van der Waals surface area contributed by atoms with Gasteiger partial charge in [0, 0.05) is 18.2 Å². The van der Waals surface area contributed by atoms with Crippen LogP contribution >= 0.6 is 0 Å². The van der Waals surface area contributed by atoms with Crippen molar-refractivity contribution in [1.82, 2.24) is 10.2 Å². The number of rotatable bonds is 5. The highest BCUT2D eigenvalue weighted by atomic mass is 19.1. The highest BCUT2D eigenvalue weighted by Gasteiger charge is 2.32. The topological polar surface area (TPSA) is 32.3 Å². The van der Waals surface area contributed by atoms with Gasteiger partial charge in [-0.2, -0.15) is 0 Å². The molecule has 1 aromatic carbocycles. The summed E-state index contributed by atoms with van der Waals surface area (Å²) in [5, 5.41) is 2.88. The summed E-state index contributed by atoms with van der Waals surface area (Å²) in [5.74, 6) is -0.505. The number of amides is 1. The molecule has 0 bridgehead atoms. The number of carbonyl (C=O) groups is 1. The van der Waals surface area contributed by atoms with Crippen molar-refractivity contribution in [2.45, 2.75) is 32.2 Å². The fourth-order valence-electron chi connectivity index (χ4n) is 1.73. The summed E-state index contributed by atoms with van der Waals surface area (Å²) in [7, 11) is 3.91. The highest BCUT2D eigenvalue weighted by molar-refractivity contribution is 5.87. The van der Waals surface area contributed by atoms with Gasteiger partial charge in [0.1, 0.15) is 5.82 Å². The van der Waals surface area contributed by atoms with E-state index in [1.165, 1.54) is 6.07 Å². The fourth-order valence-corrected chi connectivity index (χ4v) is 1.73. The third kappa shape index (κ3) is 3.77. The van der Waals surface area contributed by atoms with E-state index in [4.69, 9.17) is 0 Å². The van der Waals surface area contributed by atoms with Gasteiger partial charge in [0.2, 0.25) is 5.91 Å². The zero-order chi connectivity index (χ0) is 14.6. The van der Waals surface area contributed by atoms with E-state index in [9.17, 15) is 9.18 Å². The third-order valence-corrected chi connectivity index (χ3v) is 3.55. The van der Waals surface area contributed by atoms with Gasteiger partial charge in [-0.1, -0.05) is 18.2 Å². The first-order chi connectivity index (χ1) is 8.76. The van der Waals surface area contributed by atoms with E-state index in [-0.39, 0.29) is 17.8 Å². The Morgan fingerprint density at radius 1 is 1.37 bits per heavy atom. The number of hydrogen-bond acceptors (Lipinski definition) is 2. The van der Waals surface area contributed by atoms with Crippen molar-refractivity contribution in [3.05, 3.63) is 35.6 Å². The SMILES string of the molecule is C[C@H](CNC(=O)C(C)(C)c1ccccc1F)N(C)C. The maximum atomic E-state index is 13.8. The number of likely N-dealkylation sites (N-methyl/N-ethyl adjacent to an activating group) is 1. The molecule has 0 aromatic heterocycles. The Kier molecular flexibility index (Phi) is 5.06. The average molecular weight is 266 g/mol. The van der Waals surface area contributed by atoms with Gasteiger partial charge in [0.25, 0.3) is 0 Å². The van der Waals surface area contributed by atoms with E-state index in [2.05, 4.69) is 5.32 Å². The molecule has 0 heterocycles. The molecule has 1 amide bonds. The monoisotopic (exact) mass is 266 g/mol. The summed E-state index contributed by atoms with van der Waals surface area (Å²) in [6.07, 6.45) is 0. The molecule has 1 N–H and O–H groups in total. The van der Waals surface area contributed by atoms with E-state index in [0.29, 0.717) is 12.1 Å². The third-order valence-electron chi connectivity index (χ3n) is 3.55. The van der Waals surface area contributed by atoms with Gasteiger partial charge < -0.3 is 10.2 Å². The lowest BCUT2D eigenvalue weighted by Crippen LogP contribution is -2.45. The molecule has 0 saturated heterocycles. The lowest BCUT2D eigenvalue weighted by Gasteiger charge is -2.27. The Balaban J connectivity index is 2.78. The van der Waals surface area contributed by atoms with Gasteiger partial charge in [-0.3, -0.25) is 4.79 Å². The van der Waals surface area contributed by atoms with Gasteiger partial charge in [0.05, 0.1) is 5.41 Å². The second kappa shape index (κ2) is 6.15. The van der Waals surface area contributed by atoms with Crippen molar-refractivity contribution < 1.29 is 9.18 Å². The van der Waals surface area contributed by atoms with Crippen LogP contribution in [-0.4, -0.2) is 37.5 Å². The molecular formula is C15H23FN2O. The first-order valence-electron chi connectivity index (χ1n) is 6.46. The molecule has 0 saturated carbocycles. The molecule has 19 heavy (non-hydrogen) atoms. The van der Waals surface area contributed by atoms with Gasteiger partial charge in [-0.25, -0.2) is 4.39 Å². The number of carbonyl (C=O) groups excluding carboxylic acids is 1. The van der Waals surface area contributed by atoms with Gasteiger partial charge >= 0.3 is 0 Å². The molecule has 3 nitrogen and oxygen atoms in total. The van der Waals surface area contributed by atoms with Crippen molar-refractivity contribution in [3.8, 4) is 0 Å². The Labute approximate surface area is 114 Å². The zero-order valence-corrected chi connectivity index (χ0v) is 12.3. The van der Waals surface area contributed by atoms with E-state index in [1.54, 1.807) is 32.0 Å². The summed E-state index contributed by atoms with van der Waals surface area (Å²) in [6.45, 7) is 6.04. The van der Waals surface area contributed by atoms with Crippen LogP contribution in [-0.2, 0) is 10.2 Å². The summed E-state index contributed by atoms with van der Waals surface area (Å²) >= 11 is 0. The minimum absolute atomic E-state index is 0.161. The second-order valence-corrected chi connectivity index (χ2v) is 5.63. The van der Waals surface area contributed by atoms with Crippen molar-refractivity contribution in [2.75, 3.05) is 20.6 Å². The number of benzene rings is 1. The zero-order valence-electron chi connectivity index (χ0n) is 12.3. The normalized spacial score (nSPS) is 13.4. The minimum Gasteiger partial charge on any atom is -0.354 e. The molecule has 4 heteroatoms. The molecule has 0 radical (unpaired) electrons. The first-order valence-corrected chi connectivity index (χ1v) is 6.46. The summed E-state index contributed by atoms with van der Waals surface area (Å²) < 4.78 is 13.8. The number of nitrogens with zero attached hydrogens (tertiary/aromatic N) is 1. The summed E-state index contributed by atoms with van der Waals surface area (Å²) in [4.78, 5) is 14.3. The highest BCUT2D eigenvalue weighted by Crippen LogP contribution is 2.25. The number of hydrogen-bond donors (Lipinski definition) is 1. The van der Waals surface area contributed by atoms with Crippen LogP contribution in [0.15, 0.2) is 24.3 Å². The first kappa shape index (κ1) is 15.6. The van der Waals surface area contributed by atoms with Crippen molar-refractivity contribution in [3.63, 3.8) is 0 Å². The standard InChI is InChI=1S/C15H23FN2O/c1-11(18(4)5)10-17-14(19)15(2,3)12-8-6-7-9-13(12)16/h6-9,11H,10H2,1-5H3,(H,17,19)/t11-/m1/s1. The number of halogens is 1. The van der Waals surface area contributed by atoms with E-state index in [0.717, 1.165) is 0 Å². The molecule has 0 aliphatic rings. The van der Waals surface area contributed by atoms with E-state index < -0.39 is 5.41 Å². The van der Waals surface area contributed by atoms with Crippen LogP contribution < -0.4 is 5.32 Å². The van der Waals surface area contributed by atoms with Crippen molar-refractivity contribution in [2.24, 2.45) is 0 Å². The smallest absolute Gasteiger partial charge is 0.230 e. The van der Waals surface area contributed by atoms with Gasteiger partial charge in [0.15, 0.2) is 0 Å². The lowest BCUT2D eigenvalue weighted by molar-refractivity contribution is -0.125. The summed E-state index contributed by atoms with van der Waals surface area (Å²) in [6, 6.07) is 6.65. The van der Waals surface area contributed by atoms with Crippen molar-refractivity contribution >= 4 is 5.91 Å². The molecule has 0 aliphatic heterocycles. The molecule has 0 unspecified atom stereocenters. The molecule has 1 aromatic rings. The molecule has 0 spiro atoms. The molecule has 0 aliphatic carbocycles. The molecule has 1 rings (SSSR count). The average Bonchev–Trinajstić information content (AvgIpc) is 2.35. The Bertz CT molecular complexity index is 444. The Hall–Kier alpha value is -1.42. The minimum atomic E-state index is -0.878. The van der Waals surface area contributed by atoms with Crippen LogP contribution in [0.5, 0.6) is 0 Å². The molecule has 106 valence electrons. The van der Waals surface area contributed by atoms with Crippen LogP contribution in [0, 0.1) is 5.82 Å². The largest absolute Gasteiger partial charge is 0.354 e. The van der Waals surface area contributed by atoms with Crippen LogP contribution in [0.2, 0.25) is 0 Å². The molecule has 0 fully saturated rings. The predicted molar refractivity (Wildman–Crippen MR) is 75.6 cm³/mol. The van der Waals surface area contributed by atoms with E-state index in [1.807, 2.05) is 25.9 Å². The molecular weight excluding hydrogens is 243 g/mol. The quantitative estimate of drug-likeness (QED) is 0.886.